The molecule has 1 atom stereocenters. The van der Waals surface area contributed by atoms with E-state index in [1.807, 2.05) is 49.0 Å². The molecule has 0 aliphatic carbocycles. The van der Waals surface area contributed by atoms with E-state index >= 15 is 0 Å². The number of anilines is 2. The van der Waals surface area contributed by atoms with E-state index in [4.69, 9.17) is 34.4 Å². The Hall–Kier alpha value is -14.8. The number of nitrogens with one attached hydrogen (secondary N) is 9. The summed E-state index contributed by atoms with van der Waals surface area (Å²) >= 11 is 3.52. The number of aromatic amines is 5. The minimum absolute atomic E-state index is 0.0992. The van der Waals surface area contributed by atoms with Gasteiger partial charge in [-0.05, 0) is 204 Å². The van der Waals surface area contributed by atoms with Crippen LogP contribution in [0, 0.1) is 19.8 Å². The third kappa shape index (κ3) is 26.6. The molecular formula is C98H107N23O14S5. The van der Waals surface area contributed by atoms with Gasteiger partial charge in [0.1, 0.15) is 85.3 Å². The SMILES string of the molecule is CC(=O)Nc1ccc(S(=O)(=O)Cc2nc3c(C(N)=O)cccc3[nH]2)cc1.CC(=O)Nc1ccc(S(=O)(=O)Cc2nc3c(C(N)=O)cccc3n2C)cc1.CCCCNCCSCc1nc2c(C(N)=O)cccc2[nH]1.Cc1ccc(S(=O)(=O)Cc2nc3c(C(N)=O)cccc3[nH]2)cc1.Cc1ccc(SCc2nc3c(C(N)=O)cccc3[nH]2)cc1.NC(=O)c1cccc2[nH]c(CNC3CN4CCC3CC4)nc12. The Labute approximate surface area is 814 Å². The van der Waals surface area contributed by atoms with Gasteiger partial charge >= 0.3 is 0 Å². The van der Waals surface area contributed by atoms with Crippen LogP contribution in [0.1, 0.15) is 155 Å². The van der Waals surface area contributed by atoms with Gasteiger partial charge in [0.15, 0.2) is 29.5 Å². The first-order valence-corrected chi connectivity index (χ1v) is 51.5. The van der Waals surface area contributed by atoms with Crippen molar-refractivity contribution in [2.75, 3.05) is 49.1 Å². The Kier molecular flexibility index (Phi) is 33.8. The summed E-state index contributed by atoms with van der Waals surface area (Å²) in [6.07, 6.45) is 5.04. The fourth-order valence-corrected chi connectivity index (χ4v) is 21.0. The third-order valence-corrected chi connectivity index (χ3v) is 29.7. The number of primary amides is 6. The zero-order valence-corrected chi connectivity index (χ0v) is 81.5. The van der Waals surface area contributed by atoms with Gasteiger partial charge in [-0.3, -0.25) is 38.4 Å². The number of H-pyrrole nitrogens is 5. The number of thioether (sulfide) groups is 2. The lowest BCUT2D eigenvalue weighted by Crippen LogP contribution is -2.55. The molecule has 19 rings (SSSR count). The van der Waals surface area contributed by atoms with Gasteiger partial charge in [-0.25, -0.2) is 55.2 Å². The van der Waals surface area contributed by atoms with Crippen LogP contribution in [0.4, 0.5) is 11.4 Å². The largest absolute Gasteiger partial charge is 0.366 e. The molecule has 3 fully saturated rings. The first kappa shape index (κ1) is 103. The van der Waals surface area contributed by atoms with Gasteiger partial charge in [-0.15, -0.1) is 11.8 Å². The van der Waals surface area contributed by atoms with Gasteiger partial charge < -0.3 is 90.1 Å². The highest BCUT2D eigenvalue weighted by Crippen LogP contribution is 2.32. The van der Waals surface area contributed by atoms with Crippen molar-refractivity contribution in [1.82, 2.24) is 74.9 Å². The molecule has 16 aromatic rings. The molecule has 6 aromatic heterocycles. The summed E-state index contributed by atoms with van der Waals surface area (Å²) in [7, 11) is -9.17. The predicted molar refractivity (Wildman–Crippen MR) is 542 cm³/mol. The number of fused-ring (bicyclic) bond motifs is 9. The molecule has 10 aromatic carbocycles. The number of aryl methyl sites for hydroxylation is 3. The average Bonchev–Trinajstić information content (AvgIpc) is 1.64. The number of nitrogens with two attached hydrogens (primary N) is 6. The van der Waals surface area contributed by atoms with Crippen molar-refractivity contribution in [3.8, 4) is 0 Å². The number of carbonyl (C=O) groups excluding carboxylic acids is 8. The summed E-state index contributed by atoms with van der Waals surface area (Å²) in [5.41, 5.74) is 44.9. The number of rotatable bonds is 31. The van der Waals surface area contributed by atoms with Crippen LogP contribution in [0.25, 0.3) is 66.2 Å². The minimum Gasteiger partial charge on any atom is -0.366 e. The molecule has 2 bridgehead atoms. The molecule has 37 nitrogen and oxygen atoms in total. The van der Waals surface area contributed by atoms with E-state index in [1.54, 1.807) is 120 Å². The van der Waals surface area contributed by atoms with Crippen molar-refractivity contribution in [3.63, 3.8) is 0 Å². The normalized spacial score (nSPS) is 13.9. The van der Waals surface area contributed by atoms with Crippen LogP contribution in [0.2, 0.25) is 0 Å². The van der Waals surface area contributed by atoms with Crippen LogP contribution in [-0.4, -0.2) is 181 Å². The van der Waals surface area contributed by atoms with E-state index in [0.717, 1.165) is 82.4 Å². The van der Waals surface area contributed by atoms with Crippen molar-refractivity contribution >= 4 is 178 Å². The molecule has 9 heterocycles. The van der Waals surface area contributed by atoms with E-state index in [2.05, 4.69) is 119 Å². The fourth-order valence-electron chi connectivity index (χ4n) is 15.7. The van der Waals surface area contributed by atoms with Crippen molar-refractivity contribution in [3.05, 3.63) is 286 Å². The lowest BCUT2D eigenvalue weighted by molar-refractivity contribution is -0.115. The maximum absolute atomic E-state index is 12.8. The van der Waals surface area contributed by atoms with E-state index in [9.17, 15) is 63.6 Å². The van der Waals surface area contributed by atoms with Crippen LogP contribution < -0.4 is 55.7 Å². The summed E-state index contributed by atoms with van der Waals surface area (Å²) < 4.78 is 77.2. The van der Waals surface area contributed by atoms with Crippen LogP contribution in [0.3, 0.4) is 0 Å². The molecule has 3 aliphatic heterocycles. The lowest BCUT2D eigenvalue weighted by atomic mass is 9.84. The highest BCUT2D eigenvalue weighted by atomic mass is 32.2. The number of carbonyl (C=O) groups is 8. The van der Waals surface area contributed by atoms with E-state index in [-0.39, 0.29) is 72.1 Å². The van der Waals surface area contributed by atoms with Gasteiger partial charge in [0.25, 0.3) is 35.4 Å². The number of hydrogen-bond donors (Lipinski definition) is 15. The quantitative estimate of drug-likeness (QED) is 0.0142. The average molecular weight is 1990 g/mol. The molecule has 8 amide bonds. The number of amides is 8. The molecule has 3 saturated heterocycles. The molecule has 3 aliphatic rings. The summed E-state index contributed by atoms with van der Waals surface area (Å²) in [4.78, 5) is 137. The third-order valence-electron chi connectivity index (χ3n) is 22.8. The second-order valence-electron chi connectivity index (χ2n) is 33.3. The molecule has 0 spiro atoms. The highest BCUT2D eigenvalue weighted by molar-refractivity contribution is 7.98. The summed E-state index contributed by atoms with van der Waals surface area (Å²) in [6.45, 7) is 15.3. The van der Waals surface area contributed by atoms with Crippen LogP contribution in [0.5, 0.6) is 0 Å². The van der Waals surface area contributed by atoms with Gasteiger partial charge in [0.2, 0.25) is 11.8 Å². The summed E-state index contributed by atoms with van der Waals surface area (Å²) in [6, 6.07) is 58.4. The van der Waals surface area contributed by atoms with E-state index in [1.165, 1.54) is 118 Å². The number of sulfone groups is 3. The molecular weight excluding hydrogens is 1880 g/mol. The maximum atomic E-state index is 12.8. The first-order valence-electron chi connectivity index (χ1n) is 44.4. The van der Waals surface area contributed by atoms with Crippen molar-refractivity contribution in [1.29, 1.82) is 0 Å². The summed E-state index contributed by atoms with van der Waals surface area (Å²) in [5.74, 6) is 2.08. The number of piperidine rings is 3. The fraction of sp³-hybridized carbons (Fsp3) is 0.245. The standard InChI is InChI=1S/C18H18N4O4S.C17H16N4O4S.C16H21N5O.C16H15N3O3S.C16H15N3OS.C15H22N4OS/c1-11(23)20-12-6-8-13(9-7-12)27(25,26)10-16-21-17-14(18(19)24)4-3-5-15(17)22(16)2;1-10(22)19-11-5-7-12(8-6-11)26(24,25)9-15-20-14-4-2-3-13(17(18)23)16(14)21-15;17-16(22)11-2-1-3-12-15(11)20-14(19-12)8-18-13-9-21-6-4-10(13)5-7-21;1-10-5-7-11(8-6-10)23(21,22)9-14-18-13-4-2-3-12(16(17)20)15(13)19-14;1-10-5-7-11(8-6-10)21-9-14-18-13-4-2-3-12(16(17)20)15(13)19-14;1-2-3-7-17-8-9-21-10-13-18-12-6-4-5-11(15(16)20)14(12)19-13/h3-9H,10H2,1-2H3,(H2,19,24)(H,20,23);2-8H,9H2,1H3,(H2,18,23)(H,19,22)(H,20,21);1-3,10,13,18H,4-9H2,(H2,17,22)(H,19,20);2-8H,9H2,1H3,(H2,17,20)(H,18,19);2-8H,9H2,1H3,(H2,17,20)(H,18,19);4-6,17H,2-3,7-10H2,1H3,(H2,16,20)(H,18,19). The topological polar surface area (TPSA) is 608 Å². The number of aromatic nitrogens is 12. The molecule has 21 N–H and O–H groups in total. The second-order valence-corrected chi connectivity index (χ2v) is 41.4. The van der Waals surface area contributed by atoms with Gasteiger partial charge in [0.05, 0.1) is 99.2 Å². The van der Waals surface area contributed by atoms with Crippen LogP contribution in [0.15, 0.2) is 226 Å². The molecule has 1 unspecified atom stereocenters. The smallest absolute Gasteiger partial charge is 0.250 e. The monoisotopic (exact) mass is 1990 g/mol. The Morgan fingerprint density at radius 1 is 0.414 bits per heavy atom. The van der Waals surface area contributed by atoms with Crippen LogP contribution >= 0.6 is 23.5 Å². The number of unbranched alkanes of at least 4 members (excludes halogenated alkanes) is 1. The maximum Gasteiger partial charge on any atom is 0.250 e. The second kappa shape index (κ2) is 46.1. The van der Waals surface area contributed by atoms with E-state index < -0.39 is 65.0 Å². The van der Waals surface area contributed by atoms with Crippen molar-refractivity contribution in [2.45, 2.75) is 121 Å². The Morgan fingerprint density at radius 3 is 1.15 bits per heavy atom. The Balaban J connectivity index is 0.000000142. The van der Waals surface area contributed by atoms with Gasteiger partial charge in [0, 0.05) is 62.0 Å². The highest BCUT2D eigenvalue weighted by Gasteiger charge is 2.34. The zero-order valence-electron chi connectivity index (χ0n) is 77.4. The molecule has 42 heteroatoms. The number of imidazole rings is 6. The Bertz CT molecular complexity index is 7620. The van der Waals surface area contributed by atoms with Crippen molar-refractivity contribution in [2.24, 2.45) is 47.4 Å². The zero-order chi connectivity index (χ0) is 100. The number of benzene rings is 10. The Morgan fingerprint density at radius 2 is 0.764 bits per heavy atom. The first-order chi connectivity index (χ1) is 66.9. The number of para-hydroxylation sites is 6. The van der Waals surface area contributed by atoms with E-state index in [0.29, 0.717) is 96.1 Å². The van der Waals surface area contributed by atoms with Crippen molar-refractivity contribution < 1.29 is 63.6 Å². The molecule has 0 saturated carbocycles. The lowest BCUT2D eigenvalue weighted by Gasteiger charge is -2.45. The molecule has 728 valence electrons. The molecule has 140 heavy (non-hydrogen) atoms. The van der Waals surface area contributed by atoms with Crippen LogP contribution in [-0.2, 0) is 81.5 Å². The summed E-state index contributed by atoms with van der Waals surface area (Å²) in [5, 5.41) is 12.2. The van der Waals surface area contributed by atoms with Gasteiger partial charge in [-0.2, -0.15) is 11.8 Å². The number of nitrogens with zero attached hydrogens (tertiary/aromatic N) is 8. The minimum atomic E-state index is -3.67. The van der Waals surface area contributed by atoms with Gasteiger partial charge in [-0.1, -0.05) is 85.1 Å². The predicted octanol–water partition coefficient (Wildman–Crippen LogP) is 11.5. The number of hydrogen-bond acceptors (Lipinski definition) is 25. The molecule has 0 radical (unpaired) electrons.